The fourth-order valence-corrected chi connectivity index (χ4v) is 3.98. The first-order chi connectivity index (χ1) is 13.8. The highest BCUT2D eigenvalue weighted by atomic mass is 16.5. The van der Waals surface area contributed by atoms with Crippen LogP contribution in [0.2, 0.25) is 0 Å². The lowest BCUT2D eigenvalue weighted by atomic mass is 10.1. The smallest absolute Gasteiger partial charge is 0.0634 e. The van der Waals surface area contributed by atoms with Crippen LogP contribution in [0.1, 0.15) is 43.7 Å². The molecule has 152 valence electrons. The van der Waals surface area contributed by atoms with Crippen molar-refractivity contribution in [2.45, 2.75) is 51.7 Å². The van der Waals surface area contributed by atoms with Gasteiger partial charge in [0, 0.05) is 45.4 Å². The van der Waals surface area contributed by atoms with Crippen LogP contribution in [-0.2, 0) is 17.8 Å². The fraction of sp³-hybridized carbons (Fsp3) is 0.520. The van der Waals surface area contributed by atoms with E-state index in [1.54, 1.807) is 0 Å². The van der Waals surface area contributed by atoms with E-state index in [2.05, 4.69) is 77.4 Å². The highest BCUT2D eigenvalue weighted by molar-refractivity contribution is 5.16. The molecule has 1 heterocycles. The molecule has 1 aliphatic heterocycles. The van der Waals surface area contributed by atoms with E-state index in [-0.39, 0.29) is 0 Å². The number of nitrogens with zero attached hydrogens (tertiary/aromatic N) is 2. The summed E-state index contributed by atoms with van der Waals surface area (Å²) in [5.74, 6) is 0. The monoisotopic (exact) mass is 380 g/mol. The third kappa shape index (κ3) is 7.05. The lowest BCUT2D eigenvalue weighted by Crippen LogP contribution is -2.54. The van der Waals surface area contributed by atoms with Gasteiger partial charge in [0.15, 0.2) is 0 Å². The Labute approximate surface area is 171 Å². The molecule has 0 bridgehead atoms. The molecule has 3 rings (SSSR count). The van der Waals surface area contributed by atoms with Crippen molar-refractivity contribution in [1.29, 1.82) is 0 Å². The third-order valence-electron chi connectivity index (χ3n) is 5.62. The van der Waals surface area contributed by atoms with E-state index in [4.69, 9.17) is 4.74 Å². The molecule has 0 N–H and O–H groups in total. The Kier molecular flexibility index (Phi) is 9.02. The van der Waals surface area contributed by atoms with E-state index < -0.39 is 0 Å². The Morgan fingerprint density at radius 3 is 2.18 bits per heavy atom. The first kappa shape index (κ1) is 21.0. The summed E-state index contributed by atoms with van der Waals surface area (Å²) < 4.78 is 6.12. The fourth-order valence-electron chi connectivity index (χ4n) is 3.98. The molecule has 1 unspecified atom stereocenters. The summed E-state index contributed by atoms with van der Waals surface area (Å²) in [5, 5.41) is 0. The van der Waals surface area contributed by atoms with E-state index in [9.17, 15) is 0 Å². The van der Waals surface area contributed by atoms with E-state index >= 15 is 0 Å². The molecule has 1 aliphatic rings. The van der Waals surface area contributed by atoms with Crippen LogP contribution in [0.15, 0.2) is 60.7 Å². The normalized spacial score (nSPS) is 18.4. The Morgan fingerprint density at radius 2 is 1.50 bits per heavy atom. The van der Waals surface area contributed by atoms with Gasteiger partial charge in [-0.25, -0.2) is 0 Å². The predicted octanol–water partition coefficient (Wildman–Crippen LogP) is 4.97. The van der Waals surface area contributed by atoms with E-state index in [0.717, 1.165) is 45.9 Å². The van der Waals surface area contributed by atoms with Gasteiger partial charge in [-0.2, -0.15) is 0 Å². The molecular weight excluding hydrogens is 344 g/mol. The molecule has 0 spiro atoms. The van der Waals surface area contributed by atoms with Crippen LogP contribution < -0.4 is 0 Å². The lowest BCUT2D eigenvalue weighted by molar-refractivity contribution is 0.00237. The quantitative estimate of drug-likeness (QED) is 0.512. The van der Waals surface area contributed by atoms with Crippen molar-refractivity contribution >= 4 is 0 Å². The zero-order valence-electron chi connectivity index (χ0n) is 17.4. The highest BCUT2D eigenvalue weighted by Gasteiger charge is 2.27. The molecule has 3 nitrogen and oxygen atoms in total. The van der Waals surface area contributed by atoms with Gasteiger partial charge in [-0.3, -0.25) is 9.80 Å². The maximum Gasteiger partial charge on any atom is 0.0634 e. The molecule has 28 heavy (non-hydrogen) atoms. The minimum absolute atomic E-state index is 0.462. The summed E-state index contributed by atoms with van der Waals surface area (Å²) in [4.78, 5) is 5.20. The van der Waals surface area contributed by atoms with Gasteiger partial charge in [0.25, 0.3) is 0 Å². The molecule has 0 aliphatic carbocycles. The second-order valence-corrected chi connectivity index (χ2v) is 7.97. The van der Waals surface area contributed by atoms with Crippen molar-refractivity contribution < 1.29 is 4.74 Å². The van der Waals surface area contributed by atoms with Crippen molar-refractivity contribution in [3.63, 3.8) is 0 Å². The van der Waals surface area contributed by atoms with E-state index in [1.807, 2.05) is 0 Å². The molecule has 1 fully saturated rings. The second kappa shape index (κ2) is 12.0. The average Bonchev–Trinajstić information content (AvgIpc) is 2.74. The summed E-state index contributed by atoms with van der Waals surface area (Å²) in [6.07, 6.45) is 5.07. The van der Waals surface area contributed by atoms with Gasteiger partial charge in [0.05, 0.1) is 6.61 Å². The van der Waals surface area contributed by atoms with Crippen LogP contribution in [0, 0.1) is 0 Å². The van der Waals surface area contributed by atoms with Crippen LogP contribution in [0.25, 0.3) is 0 Å². The predicted molar refractivity (Wildman–Crippen MR) is 117 cm³/mol. The molecule has 2 aromatic rings. The zero-order chi connectivity index (χ0) is 19.4. The van der Waals surface area contributed by atoms with Crippen molar-refractivity contribution in [2.24, 2.45) is 0 Å². The van der Waals surface area contributed by atoms with Gasteiger partial charge in [0.2, 0.25) is 0 Å². The molecule has 0 saturated carbocycles. The maximum absolute atomic E-state index is 6.12. The highest BCUT2D eigenvalue weighted by Crippen LogP contribution is 2.17. The minimum Gasteiger partial charge on any atom is -0.380 e. The Morgan fingerprint density at radius 1 is 0.821 bits per heavy atom. The first-order valence-electron chi connectivity index (χ1n) is 11.0. The summed E-state index contributed by atoms with van der Waals surface area (Å²) in [5.41, 5.74) is 2.80. The molecule has 1 atom stereocenters. The molecular formula is C25H36N2O. The van der Waals surface area contributed by atoms with Crippen molar-refractivity contribution in [3.8, 4) is 0 Å². The SMILES string of the molecule is CCCCCCOCC1CN(Cc2ccccc2)CCN1Cc1ccccc1. The van der Waals surface area contributed by atoms with Gasteiger partial charge in [-0.15, -0.1) is 0 Å². The lowest BCUT2D eigenvalue weighted by Gasteiger charge is -2.41. The minimum atomic E-state index is 0.462. The molecule has 0 aromatic heterocycles. The standard InChI is InChI=1S/C25H36N2O/c1-2-3-4-11-18-28-22-25-21-26(19-23-12-7-5-8-13-23)16-17-27(25)20-24-14-9-6-10-15-24/h5-10,12-15,25H,2-4,11,16-22H2,1H3. The number of rotatable bonds is 11. The molecule has 1 saturated heterocycles. The largest absolute Gasteiger partial charge is 0.380 e. The Hall–Kier alpha value is -1.68. The van der Waals surface area contributed by atoms with Crippen molar-refractivity contribution in [2.75, 3.05) is 32.8 Å². The maximum atomic E-state index is 6.12. The summed E-state index contributed by atoms with van der Waals surface area (Å²) >= 11 is 0. The zero-order valence-corrected chi connectivity index (χ0v) is 17.4. The molecule has 2 aromatic carbocycles. The number of hydrogen-bond donors (Lipinski definition) is 0. The molecule has 0 radical (unpaired) electrons. The third-order valence-corrected chi connectivity index (χ3v) is 5.62. The number of benzene rings is 2. The number of hydrogen-bond acceptors (Lipinski definition) is 3. The topological polar surface area (TPSA) is 15.7 Å². The summed E-state index contributed by atoms with van der Waals surface area (Å²) in [7, 11) is 0. The van der Waals surface area contributed by atoms with Crippen LogP contribution in [0.3, 0.4) is 0 Å². The van der Waals surface area contributed by atoms with Gasteiger partial charge in [0.1, 0.15) is 0 Å². The van der Waals surface area contributed by atoms with E-state index in [1.165, 1.54) is 36.8 Å². The molecule has 3 heteroatoms. The van der Waals surface area contributed by atoms with Gasteiger partial charge in [-0.1, -0.05) is 86.8 Å². The first-order valence-corrected chi connectivity index (χ1v) is 11.0. The van der Waals surface area contributed by atoms with Gasteiger partial charge in [-0.05, 0) is 17.5 Å². The number of ether oxygens (including phenoxy) is 1. The summed E-state index contributed by atoms with van der Waals surface area (Å²) in [6, 6.07) is 22.1. The van der Waals surface area contributed by atoms with Crippen LogP contribution in [-0.4, -0.2) is 48.7 Å². The second-order valence-electron chi connectivity index (χ2n) is 7.97. The average molecular weight is 381 g/mol. The van der Waals surface area contributed by atoms with Crippen LogP contribution in [0.5, 0.6) is 0 Å². The van der Waals surface area contributed by atoms with E-state index in [0.29, 0.717) is 6.04 Å². The summed E-state index contributed by atoms with van der Waals surface area (Å²) in [6.45, 7) is 9.35. The van der Waals surface area contributed by atoms with Crippen molar-refractivity contribution in [3.05, 3.63) is 71.8 Å². The van der Waals surface area contributed by atoms with Crippen molar-refractivity contribution in [1.82, 2.24) is 9.80 Å². The van der Waals surface area contributed by atoms with Crippen LogP contribution in [0.4, 0.5) is 0 Å². The number of piperazine rings is 1. The Bertz CT molecular complexity index is 646. The molecule has 0 amide bonds. The Balaban J connectivity index is 1.54. The van der Waals surface area contributed by atoms with Crippen LogP contribution >= 0.6 is 0 Å². The number of unbranched alkanes of at least 4 members (excludes halogenated alkanes) is 3. The van der Waals surface area contributed by atoms with Gasteiger partial charge >= 0.3 is 0 Å². The van der Waals surface area contributed by atoms with Gasteiger partial charge < -0.3 is 4.74 Å².